The van der Waals surface area contributed by atoms with Gasteiger partial charge in [0.1, 0.15) is 11.5 Å². The SMILES string of the molecule is CNC(C)c1ccccc1Oc1cc(Br)ccc1C. The highest BCUT2D eigenvalue weighted by Crippen LogP contribution is 2.32. The Morgan fingerprint density at radius 2 is 1.84 bits per heavy atom. The zero-order chi connectivity index (χ0) is 13.8. The van der Waals surface area contributed by atoms with E-state index in [0.29, 0.717) is 0 Å². The van der Waals surface area contributed by atoms with Crippen LogP contribution in [0.25, 0.3) is 0 Å². The number of para-hydroxylation sites is 1. The average molecular weight is 320 g/mol. The minimum Gasteiger partial charge on any atom is -0.457 e. The van der Waals surface area contributed by atoms with Gasteiger partial charge in [-0.25, -0.2) is 0 Å². The molecule has 1 N–H and O–H groups in total. The largest absolute Gasteiger partial charge is 0.457 e. The molecule has 0 aliphatic carbocycles. The summed E-state index contributed by atoms with van der Waals surface area (Å²) in [6.07, 6.45) is 0. The van der Waals surface area contributed by atoms with Crippen LogP contribution in [0.2, 0.25) is 0 Å². The van der Waals surface area contributed by atoms with Gasteiger partial charge in [0.05, 0.1) is 0 Å². The van der Waals surface area contributed by atoms with Gasteiger partial charge in [-0.05, 0) is 44.7 Å². The number of benzene rings is 2. The minimum absolute atomic E-state index is 0.253. The summed E-state index contributed by atoms with van der Waals surface area (Å²) in [4.78, 5) is 0. The smallest absolute Gasteiger partial charge is 0.132 e. The second-order valence-electron chi connectivity index (χ2n) is 4.56. The van der Waals surface area contributed by atoms with E-state index < -0.39 is 0 Å². The minimum atomic E-state index is 0.253. The highest BCUT2D eigenvalue weighted by Gasteiger charge is 2.11. The molecule has 100 valence electrons. The summed E-state index contributed by atoms with van der Waals surface area (Å²) in [5.74, 6) is 1.77. The van der Waals surface area contributed by atoms with Gasteiger partial charge in [-0.3, -0.25) is 0 Å². The molecule has 1 atom stereocenters. The summed E-state index contributed by atoms with van der Waals surface area (Å²) in [6, 6.07) is 14.4. The maximum atomic E-state index is 6.07. The van der Waals surface area contributed by atoms with Crippen molar-refractivity contribution in [1.29, 1.82) is 0 Å². The first-order valence-corrected chi connectivity index (χ1v) is 7.11. The maximum absolute atomic E-state index is 6.07. The Kier molecular flexibility index (Phi) is 4.61. The first-order valence-electron chi connectivity index (χ1n) is 6.32. The standard InChI is InChI=1S/C16H18BrNO/c1-11-8-9-13(17)10-16(11)19-15-7-5-4-6-14(15)12(2)18-3/h4-10,12,18H,1-3H3. The fraction of sp³-hybridized carbons (Fsp3) is 0.250. The summed E-state index contributed by atoms with van der Waals surface area (Å²) in [5.41, 5.74) is 2.28. The maximum Gasteiger partial charge on any atom is 0.132 e. The predicted molar refractivity (Wildman–Crippen MR) is 82.9 cm³/mol. The molecule has 0 aliphatic rings. The third-order valence-electron chi connectivity index (χ3n) is 3.19. The van der Waals surface area contributed by atoms with Crippen LogP contribution in [-0.2, 0) is 0 Å². The molecule has 0 spiro atoms. The fourth-order valence-corrected chi connectivity index (χ4v) is 2.23. The quantitative estimate of drug-likeness (QED) is 0.871. The average Bonchev–Trinajstić information content (AvgIpc) is 2.42. The molecule has 0 aliphatic heterocycles. The number of ether oxygens (including phenoxy) is 1. The van der Waals surface area contributed by atoms with Crippen molar-refractivity contribution in [2.24, 2.45) is 0 Å². The van der Waals surface area contributed by atoms with Crippen LogP contribution < -0.4 is 10.1 Å². The second kappa shape index (κ2) is 6.22. The lowest BCUT2D eigenvalue weighted by Gasteiger charge is -2.17. The summed E-state index contributed by atoms with van der Waals surface area (Å²) in [6.45, 7) is 4.17. The molecule has 0 radical (unpaired) electrons. The molecule has 0 bridgehead atoms. The van der Waals surface area contributed by atoms with E-state index in [4.69, 9.17) is 4.74 Å². The van der Waals surface area contributed by atoms with Crippen molar-refractivity contribution in [3.63, 3.8) is 0 Å². The molecule has 0 amide bonds. The Morgan fingerprint density at radius 3 is 2.58 bits per heavy atom. The van der Waals surface area contributed by atoms with Gasteiger partial charge in [0.15, 0.2) is 0 Å². The van der Waals surface area contributed by atoms with Crippen molar-refractivity contribution in [3.8, 4) is 11.5 Å². The van der Waals surface area contributed by atoms with Crippen molar-refractivity contribution in [2.45, 2.75) is 19.9 Å². The number of nitrogens with one attached hydrogen (secondary N) is 1. The topological polar surface area (TPSA) is 21.3 Å². The van der Waals surface area contributed by atoms with Crippen molar-refractivity contribution in [3.05, 3.63) is 58.1 Å². The highest BCUT2D eigenvalue weighted by molar-refractivity contribution is 9.10. The monoisotopic (exact) mass is 319 g/mol. The summed E-state index contributed by atoms with van der Waals surface area (Å²) in [7, 11) is 1.95. The van der Waals surface area contributed by atoms with Gasteiger partial charge in [-0.2, -0.15) is 0 Å². The zero-order valence-electron chi connectivity index (χ0n) is 11.4. The Labute approximate surface area is 122 Å². The van der Waals surface area contributed by atoms with Crippen LogP contribution in [0.15, 0.2) is 46.9 Å². The molecule has 0 fully saturated rings. The van der Waals surface area contributed by atoms with Crippen molar-refractivity contribution in [1.82, 2.24) is 5.32 Å². The van der Waals surface area contributed by atoms with Crippen LogP contribution in [0.3, 0.4) is 0 Å². The lowest BCUT2D eigenvalue weighted by molar-refractivity contribution is 0.463. The van der Waals surface area contributed by atoms with E-state index in [1.807, 2.05) is 50.4 Å². The van der Waals surface area contributed by atoms with Crippen molar-refractivity contribution >= 4 is 15.9 Å². The molecule has 0 saturated carbocycles. The van der Waals surface area contributed by atoms with Gasteiger partial charge in [-0.15, -0.1) is 0 Å². The van der Waals surface area contributed by atoms with Crippen molar-refractivity contribution < 1.29 is 4.74 Å². The molecule has 19 heavy (non-hydrogen) atoms. The lowest BCUT2D eigenvalue weighted by Crippen LogP contribution is -2.13. The molecule has 0 heterocycles. The number of hydrogen-bond acceptors (Lipinski definition) is 2. The summed E-state index contributed by atoms with van der Waals surface area (Å²) in [5, 5.41) is 3.24. The van der Waals surface area contributed by atoms with Gasteiger partial charge in [0.25, 0.3) is 0 Å². The molecular formula is C16H18BrNO. The number of halogens is 1. The molecule has 2 aromatic rings. The zero-order valence-corrected chi connectivity index (χ0v) is 13.0. The Bertz CT molecular complexity index is 568. The molecular weight excluding hydrogens is 302 g/mol. The third-order valence-corrected chi connectivity index (χ3v) is 3.68. The molecule has 3 heteroatoms. The van der Waals surface area contributed by atoms with E-state index in [1.165, 1.54) is 0 Å². The van der Waals surface area contributed by atoms with Crippen LogP contribution in [0, 0.1) is 6.92 Å². The molecule has 2 nitrogen and oxygen atoms in total. The van der Waals surface area contributed by atoms with E-state index in [1.54, 1.807) is 0 Å². The van der Waals surface area contributed by atoms with Crippen molar-refractivity contribution in [2.75, 3.05) is 7.05 Å². The van der Waals surface area contributed by atoms with E-state index >= 15 is 0 Å². The molecule has 1 unspecified atom stereocenters. The predicted octanol–water partition coefficient (Wildman–Crippen LogP) is 4.83. The van der Waals surface area contributed by atoms with Gasteiger partial charge in [-0.1, -0.05) is 40.2 Å². The van der Waals surface area contributed by atoms with Crippen LogP contribution in [0.1, 0.15) is 24.1 Å². The summed E-state index contributed by atoms with van der Waals surface area (Å²) < 4.78 is 7.09. The van der Waals surface area contributed by atoms with Crippen LogP contribution >= 0.6 is 15.9 Å². The van der Waals surface area contributed by atoms with Gasteiger partial charge in [0.2, 0.25) is 0 Å². The van der Waals surface area contributed by atoms with E-state index in [-0.39, 0.29) is 6.04 Å². The Morgan fingerprint density at radius 1 is 1.11 bits per heavy atom. The third kappa shape index (κ3) is 3.37. The first kappa shape index (κ1) is 14.1. The number of aryl methyl sites for hydroxylation is 1. The van der Waals surface area contributed by atoms with Gasteiger partial charge in [0, 0.05) is 16.1 Å². The van der Waals surface area contributed by atoms with Gasteiger partial charge >= 0.3 is 0 Å². The Balaban J connectivity index is 2.35. The first-order chi connectivity index (χ1) is 9.11. The summed E-state index contributed by atoms with van der Waals surface area (Å²) >= 11 is 3.48. The van der Waals surface area contributed by atoms with Crippen LogP contribution in [-0.4, -0.2) is 7.05 Å². The second-order valence-corrected chi connectivity index (χ2v) is 5.48. The number of hydrogen-bond donors (Lipinski definition) is 1. The normalized spacial score (nSPS) is 12.2. The van der Waals surface area contributed by atoms with Gasteiger partial charge < -0.3 is 10.1 Å². The lowest BCUT2D eigenvalue weighted by atomic mass is 10.1. The van der Waals surface area contributed by atoms with E-state index in [0.717, 1.165) is 27.1 Å². The molecule has 2 rings (SSSR count). The molecule has 0 aromatic heterocycles. The molecule has 2 aromatic carbocycles. The van der Waals surface area contributed by atoms with Crippen LogP contribution in [0.5, 0.6) is 11.5 Å². The fourth-order valence-electron chi connectivity index (χ4n) is 1.89. The van der Waals surface area contributed by atoms with E-state index in [2.05, 4.69) is 34.2 Å². The highest BCUT2D eigenvalue weighted by atomic mass is 79.9. The molecule has 0 saturated heterocycles. The van der Waals surface area contributed by atoms with E-state index in [9.17, 15) is 0 Å². The van der Waals surface area contributed by atoms with Crippen LogP contribution in [0.4, 0.5) is 0 Å². The number of rotatable bonds is 4. The Hall–Kier alpha value is -1.32.